The van der Waals surface area contributed by atoms with Gasteiger partial charge in [-0.3, -0.25) is 9.59 Å². The van der Waals surface area contributed by atoms with Gasteiger partial charge in [0.25, 0.3) is 0 Å². The number of fused-ring (bicyclic) bond motifs is 1. The Hall–Kier alpha value is -4.81. The van der Waals surface area contributed by atoms with E-state index in [1.165, 1.54) is 6.26 Å². The molecule has 2 heterocycles. The van der Waals surface area contributed by atoms with Crippen molar-refractivity contribution in [2.75, 3.05) is 32.9 Å². The Morgan fingerprint density at radius 1 is 0.918 bits per heavy atom. The Balaban J connectivity index is 1.35. The lowest BCUT2D eigenvalue weighted by Gasteiger charge is -2.33. The van der Waals surface area contributed by atoms with Gasteiger partial charge in [0.2, 0.25) is 17.6 Å². The molecule has 11 nitrogen and oxygen atoms in total. The largest absolute Gasteiger partial charge is 0.499 e. The summed E-state index contributed by atoms with van der Waals surface area (Å²) >= 11 is 0. The molecule has 0 saturated carbocycles. The average molecular weight is 669 g/mol. The van der Waals surface area contributed by atoms with E-state index >= 15 is 0 Å². The number of ether oxygens (including phenoxy) is 4. The van der Waals surface area contributed by atoms with Crippen molar-refractivity contribution in [3.63, 3.8) is 0 Å². The molecule has 256 valence electrons. The summed E-state index contributed by atoms with van der Waals surface area (Å²) in [5.41, 5.74) is 2.65. The second-order valence-corrected chi connectivity index (χ2v) is 12.0. The quantitative estimate of drug-likeness (QED) is 0.151. The third-order valence-corrected chi connectivity index (χ3v) is 8.88. The molecule has 0 aromatic heterocycles. The predicted molar refractivity (Wildman–Crippen MR) is 179 cm³/mol. The molecule has 3 aliphatic rings. The van der Waals surface area contributed by atoms with Crippen molar-refractivity contribution < 1.29 is 43.5 Å². The molecular weight excluding hydrogens is 628 g/mol. The maximum Gasteiger partial charge on any atom is 0.339 e. The monoisotopic (exact) mass is 668 g/mol. The summed E-state index contributed by atoms with van der Waals surface area (Å²) in [6.07, 6.45) is 3.46. The summed E-state index contributed by atoms with van der Waals surface area (Å²) in [6, 6.07) is 25.2. The molecule has 49 heavy (non-hydrogen) atoms. The Morgan fingerprint density at radius 2 is 1.61 bits per heavy atom. The second kappa shape index (κ2) is 15.6. The van der Waals surface area contributed by atoms with Crippen LogP contribution >= 0.6 is 0 Å². The Bertz CT molecular complexity index is 1640. The summed E-state index contributed by atoms with van der Waals surface area (Å²) < 4.78 is 25.1. The van der Waals surface area contributed by atoms with Crippen molar-refractivity contribution in [3.8, 4) is 0 Å². The highest BCUT2D eigenvalue weighted by molar-refractivity contribution is 5.98. The van der Waals surface area contributed by atoms with E-state index in [1.54, 1.807) is 41.3 Å². The molecule has 0 bridgehead atoms. The zero-order chi connectivity index (χ0) is 34.2. The van der Waals surface area contributed by atoms with Crippen LogP contribution in [0.5, 0.6) is 0 Å². The number of likely N-dealkylation sites (tertiary alicyclic amines) is 1. The van der Waals surface area contributed by atoms with Gasteiger partial charge in [-0.05, 0) is 36.6 Å². The van der Waals surface area contributed by atoms with Gasteiger partial charge < -0.3 is 39.4 Å². The Kier molecular flexibility index (Phi) is 10.8. The van der Waals surface area contributed by atoms with E-state index in [0.717, 1.165) is 11.1 Å². The van der Waals surface area contributed by atoms with Crippen LogP contribution in [0.2, 0.25) is 0 Å². The van der Waals surface area contributed by atoms with Gasteiger partial charge in [0.15, 0.2) is 0 Å². The normalized spacial score (nSPS) is 22.7. The highest BCUT2D eigenvalue weighted by Crippen LogP contribution is 2.47. The molecule has 6 rings (SSSR count). The van der Waals surface area contributed by atoms with Crippen LogP contribution in [0.1, 0.15) is 46.3 Å². The molecule has 2 saturated heterocycles. The lowest BCUT2D eigenvalue weighted by molar-refractivity contribution is -0.157. The smallest absolute Gasteiger partial charge is 0.339 e. The second-order valence-electron chi connectivity index (χ2n) is 12.0. The number of hydrogen-bond acceptors (Lipinski definition) is 9. The minimum absolute atomic E-state index is 0.0356. The highest BCUT2D eigenvalue weighted by atomic mass is 16.8. The molecule has 2 aliphatic heterocycles. The minimum atomic E-state index is -1.36. The summed E-state index contributed by atoms with van der Waals surface area (Å²) in [6.45, 7) is 0.246. The van der Waals surface area contributed by atoms with E-state index in [9.17, 15) is 19.5 Å². The van der Waals surface area contributed by atoms with Gasteiger partial charge in [-0.2, -0.15) is 0 Å². The summed E-state index contributed by atoms with van der Waals surface area (Å²) in [7, 11) is 0. The lowest BCUT2D eigenvalue weighted by Crippen LogP contribution is -2.49. The highest BCUT2D eigenvalue weighted by Gasteiger charge is 2.55. The number of esters is 1. The van der Waals surface area contributed by atoms with Crippen molar-refractivity contribution >= 4 is 23.9 Å². The van der Waals surface area contributed by atoms with Gasteiger partial charge in [0.05, 0.1) is 25.0 Å². The zero-order valence-electron chi connectivity index (χ0n) is 27.0. The number of benzene rings is 3. The fourth-order valence-corrected chi connectivity index (χ4v) is 6.62. The number of rotatable bonds is 12. The number of nitrogens with zero attached hydrogens (tertiary/aromatic N) is 1. The first-order valence-electron chi connectivity index (χ1n) is 16.5. The van der Waals surface area contributed by atoms with Crippen molar-refractivity contribution in [3.05, 3.63) is 125 Å². The molecule has 3 aromatic rings. The van der Waals surface area contributed by atoms with E-state index < -0.39 is 36.1 Å². The maximum atomic E-state index is 14.2. The first-order valence-corrected chi connectivity index (χ1v) is 16.5. The minimum Gasteiger partial charge on any atom is -0.499 e. The molecular formula is C38H40N2O9. The number of carbonyl (C=O) groups is 3. The van der Waals surface area contributed by atoms with E-state index in [-0.39, 0.29) is 50.2 Å². The van der Waals surface area contributed by atoms with Crippen molar-refractivity contribution in [2.24, 2.45) is 0 Å². The SMILES string of the molecule is O=C(O[C@@H]1CC(C(=O)N2CCC[C@@H]2C(=O)NCCO)=C[C@H]2OC(c3ccccc3)(c3ccccc3)O[C@H]21)c1ccccc1C=COCCO. The molecule has 2 fully saturated rings. The summed E-state index contributed by atoms with van der Waals surface area (Å²) in [5.74, 6) is -2.64. The van der Waals surface area contributed by atoms with Crippen LogP contribution < -0.4 is 5.32 Å². The number of amides is 2. The third kappa shape index (κ3) is 7.30. The fourth-order valence-electron chi connectivity index (χ4n) is 6.62. The molecule has 11 heteroatoms. The first kappa shape index (κ1) is 34.1. The van der Waals surface area contributed by atoms with Crippen LogP contribution in [-0.2, 0) is 34.3 Å². The lowest BCUT2D eigenvalue weighted by atomic mass is 9.91. The maximum absolute atomic E-state index is 14.2. The molecule has 2 amide bonds. The molecule has 4 atom stereocenters. The molecule has 0 unspecified atom stereocenters. The van der Waals surface area contributed by atoms with Gasteiger partial charge in [-0.1, -0.05) is 78.9 Å². The number of aliphatic hydroxyl groups is 2. The number of aliphatic hydroxyl groups excluding tert-OH is 2. The van der Waals surface area contributed by atoms with Gasteiger partial charge in [-0.25, -0.2) is 4.79 Å². The van der Waals surface area contributed by atoms with Crippen LogP contribution in [0.15, 0.2) is 103 Å². The molecule has 0 spiro atoms. The molecule has 3 N–H and O–H groups in total. The topological polar surface area (TPSA) is 144 Å². The van der Waals surface area contributed by atoms with E-state index in [2.05, 4.69) is 5.32 Å². The van der Waals surface area contributed by atoms with E-state index in [0.29, 0.717) is 30.5 Å². The average Bonchev–Trinajstić information content (AvgIpc) is 3.80. The molecule has 3 aromatic carbocycles. The zero-order valence-corrected chi connectivity index (χ0v) is 27.0. The van der Waals surface area contributed by atoms with Crippen LogP contribution in [0, 0.1) is 0 Å². The Labute approximate surface area is 284 Å². The van der Waals surface area contributed by atoms with E-state index in [4.69, 9.17) is 24.1 Å². The van der Waals surface area contributed by atoms with Crippen LogP contribution in [-0.4, -0.2) is 90.2 Å². The number of nitrogens with one attached hydrogen (secondary N) is 1. The third-order valence-electron chi connectivity index (χ3n) is 8.88. The van der Waals surface area contributed by atoms with E-state index in [1.807, 2.05) is 60.7 Å². The van der Waals surface area contributed by atoms with Gasteiger partial charge >= 0.3 is 5.97 Å². The standard InChI is InChI=1S/C38H40N2O9/c41-20-18-39-35(43)31-16-9-19-40(31)36(44)27-24-32(47-37(45)30-15-8-7-10-26(30)17-22-46-23-21-42)34-33(25-27)48-38(49-34,28-11-3-1-4-12-28)29-13-5-2-6-14-29/h1-8,10-15,17,22,25,31-34,41-42H,9,16,18-21,23-24H2,(H,39,43)/t31-,32-,33-,34+/m1/s1. The summed E-state index contributed by atoms with van der Waals surface area (Å²) in [4.78, 5) is 42.5. The number of carbonyl (C=O) groups excluding carboxylic acids is 3. The predicted octanol–water partition coefficient (Wildman–Crippen LogP) is 3.31. The Morgan fingerprint density at radius 3 is 2.31 bits per heavy atom. The molecule has 0 radical (unpaired) electrons. The van der Waals surface area contributed by atoms with Crippen molar-refractivity contribution in [1.82, 2.24) is 10.2 Å². The summed E-state index contributed by atoms with van der Waals surface area (Å²) in [5, 5.41) is 20.9. The fraction of sp³-hybridized carbons (Fsp3) is 0.342. The van der Waals surface area contributed by atoms with Crippen LogP contribution in [0.25, 0.3) is 6.08 Å². The van der Waals surface area contributed by atoms with Crippen molar-refractivity contribution in [1.29, 1.82) is 0 Å². The van der Waals surface area contributed by atoms with Gasteiger partial charge in [-0.15, -0.1) is 0 Å². The van der Waals surface area contributed by atoms with Crippen molar-refractivity contribution in [2.45, 2.75) is 49.4 Å². The van der Waals surface area contributed by atoms with Crippen LogP contribution in [0.4, 0.5) is 0 Å². The first-order chi connectivity index (χ1) is 23.9. The number of hydrogen-bond donors (Lipinski definition) is 3. The van der Waals surface area contributed by atoms with Gasteiger partial charge in [0.1, 0.15) is 31.0 Å². The molecule has 1 aliphatic carbocycles. The van der Waals surface area contributed by atoms with Crippen LogP contribution in [0.3, 0.4) is 0 Å². The van der Waals surface area contributed by atoms with Gasteiger partial charge in [0, 0.05) is 36.2 Å².